The van der Waals surface area contributed by atoms with Crippen LogP contribution in [-0.2, 0) is 14.8 Å². The van der Waals surface area contributed by atoms with Crippen LogP contribution in [-0.4, -0.2) is 44.8 Å². The standard InChI is InChI=1S/C22H22FN3O3S2/c23-18-8-10-19(11-9-18)24-22(27)21(17-5-2-1-3-6-17)25-12-14-26(15-13-25)31(28,29)20-7-4-16-30-20/h1-11,16,21H,12-15H2,(H,24,27)/p+1/t21-/m0/s1. The average molecular weight is 461 g/mol. The minimum atomic E-state index is -3.50. The zero-order valence-electron chi connectivity index (χ0n) is 16.7. The number of rotatable bonds is 6. The molecule has 0 saturated carbocycles. The number of halogens is 1. The van der Waals surface area contributed by atoms with E-state index in [-0.39, 0.29) is 11.7 Å². The number of thiophene rings is 1. The van der Waals surface area contributed by atoms with Crippen molar-refractivity contribution in [1.29, 1.82) is 0 Å². The Morgan fingerprint density at radius 1 is 1.00 bits per heavy atom. The van der Waals surface area contributed by atoms with E-state index < -0.39 is 16.1 Å². The first-order valence-corrected chi connectivity index (χ1v) is 12.3. The summed E-state index contributed by atoms with van der Waals surface area (Å²) >= 11 is 1.21. The molecule has 6 nitrogen and oxygen atoms in total. The van der Waals surface area contributed by atoms with Crippen LogP contribution in [0.5, 0.6) is 0 Å². The van der Waals surface area contributed by atoms with Gasteiger partial charge in [-0.25, -0.2) is 12.8 Å². The number of sulfonamides is 1. The molecule has 1 fully saturated rings. The average Bonchev–Trinajstić information content (AvgIpc) is 3.33. The molecule has 0 spiro atoms. The highest BCUT2D eigenvalue weighted by molar-refractivity contribution is 7.91. The van der Waals surface area contributed by atoms with Crippen molar-refractivity contribution in [2.75, 3.05) is 31.5 Å². The van der Waals surface area contributed by atoms with Gasteiger partial charge in [-0.2, -0.15) is 4.31 Å². The maximum Gasteiger partial charge on any atom is 0.287 e. The van der Waals surface area contributed by atoms with Gasteiger partial charge in [0, 0.05) is 11.3 Å². The number of amides is 1. The van der Waals surface area contributed by atoms with Gasteiger partial charge in [0.25, 0.3) is 15.9 Å². The number of carbonyl (C=O) groups excluding carboxylic acids is 1. The first-order chi connectivity index (χ1) is 14.9. The molecule has 1 atom stereocenters. The van der Waals surface area contributed by atoms with Gasteiger partial charge in [0.1, 0.15) is 10.0 Å². The van der Waals surface area contributed by atoms with E-state index in [4.69, 9.17) is 0 Å². The molecule has 3 aromatic rings. The lowest BCUT2D eigenvalue weighted by molar-refractivity contribution is -0.925. The molecule has 1 saturated heterocycles. The van der Waals surface area contributed by atoms with E-state index in [0.717, 1.165) is 10.5 Å². The quantitative estimate of drug-likeness (QED) is 0.592. The lowest BCUT2D eigenvalue weighted by Crippen LogP contribution is -3.16. The molecule has 4 rings (SSSR count). The number of nitrogens with zero attached hydrogens (tertiary/aromatic N) is 1. The molecule has 1 amide bonds. The highest BCUT2D eigenvalue weighted by atomic mass is 32.2. The molecule has 9 heteroatoms. The predicted octanol–water partition coefficient (Wildman–Crippen LogP) is 2.16. The normalized spacial score (nSPS) is 16.7. The summed E-state index contributed by atoms with van der Waals surface area (Å²) < 4.78 is 40.7. The van der Waals surface area contributed by atoms with E-state index in [1.54, 1.807) is 17.5 Å². The van der Waals surface area contributed by atoms with Gasteiger partial charge in [0.2, 0.25) is 0 Å². The van der Waals surface area contributed by atoms with Crippen molar-refractivity contribution in [3.8, 4) is 0 Å². The molecule has 0 aliphatic carbocycles. The summed E-state index contributed by atoms with van der Waals surface area (Å²) in [5.74, 6) is -0.575. The Hall–Kier alpha value is -2.59. The Labute approximate surface area is 185 Å². The number of hydrogen-bond donors (Lipinski definition) is 2. The molecule has 1 aliphatic heterocycles. The summed E-state index contributed by atoms with van der Waals surface area (Å²) in [5, 5.41) is 4.62. The molecule has 162 valence electrons. The third-order valence-electron chi connectivity index (χ3n) is 5.37. The molecule has 1 aromatic heterocycles. The zero-order valence-corrected chi connectivity index (χ0v) is 18.3. The number of hydrogen-bond acceptors (Lipinski definition) is 4. The van der Waals surface area contributed by atoms with Crippen molar-refractivity contribution in [3.05, 3.63) is 83.5 Å². The number of benzene rings is 2. The second-order valence-electron chi connectivity index (χ2n) is 7.33. The maximum atomic E-state index is 13.2. The topological polar surface area (TPSA) is 70.9 Å². The third-order valence-corrected chi connectivity index (χ3v) is 8.64. The van der Waals surface area contributed by atoms with Gasteiger partial charge in [0.15, 0.2) is 6.04 Å². The SMILES string of the molecule is O=C(Nc1ccc(F)cc1)[C@H](c1ccccc1)[NH+]1CCN(S(=O)(=O)c2cccs2)CC1. The van der Waals surface area contributed by atoms with Crippen molar-refractivity contribution in [2.45, 2.75) is 10.3 Å². The molecule has 0 unspecified atom stereocenters. The van der Waals surface area contributed by atoms with Crippen LogP contribution in [0.3, 0.4) is 0 Å². The van der Waals surface area contributed by atoms with E-state index in [9.17, 15) is 17.6 Å². The lowest BCUT2D eigenvalue weighted by Gasteiger charge is -2.35. The number of carbonyl (C=O) groups is 1. The summed E-state index contributed by atoms with van der Waals surface area (Å²) in [5.41, 5.74) is 1.37. The van der Waals surface area contributed by atoms with Crippen molar-refractivity contribution in [3.63, 3.8) is 0 Å². The van der Waals surface area contributed by atoms with E-state index in [2.05, 4.69) is 5.32 Å². The molecular formula is C22H23FN3O3S2+. The van der Waals surface area contributed by atoms with Crippen LogP contribution in [0.2, 0.25) is 0 Å². The second kappa shape index (κ2) is 9.27. The first-order valence-electron chi connectivity index (χ1n) is 9.95. The van der Waals surface area contributed by atoms with Crippen LogP contribution in [0.4, 0.5) is 10.1 Å². The highest BCUT2D eigenvalue weighted by Crippen LogP contribution is 2.21. The van der Waals surface area contributed by atoms with Crippen molar-refractivity contribution >= 4 is 33.0 Å². The Morgan fingerprint density at radius 2 is 1.68 bits per heavy atom. The minimum absolute atomic E-state index is 0.206. The van der Waals surface area contributed by atoms with Crippen molar-refractivity contribution in [2.24, 2.45) is 0 Å². The molecule has 1 aliphatic rings. The molecule has 0 bridgehead atoms. The van der Waals surface area contributed by atoms with Gasteiger partial charge in [0.05, 0.1) is 26.2 Å². The van der Waals surface area contributed by atoms with Crippen molar-refractivity contribution in [1.82, 2.24) is 4.31 Å². The molecule has 2 N–H and O–H groups in total. The van der Waals surface area contributed by atoms with E-state index in [1.807, 2.05) is 30.3 Å². The molecule has 2 aromatic carbocycles. The van der Waals surface area contributed by atoms with Crippen LogP contribution in [0.15, 0.2) is 76.3 Å². The van der Waals surface area contributed by atoms with Crippen molar-refractivity contribution < 1.29 is 22.5 Å². The van der Waals surface area contributed by atoms with E-state index in [0.29, 0.717) is 36.1 Å². The van der Waals surface area contributed by atoms with E-state index in [1.165, 1.54) is 39.9 Å². The molecule has 31 heavy (non-hydrogen) atoms. The maximum absolute atomic E-state index is 13.2. The summed E-state index contributed by atoms with van der Waals surface area (Å²) in [6.07, 6.45) is 0. The number of nitrogens with one attached hydrogen (secondary N) is 2. The Balaban J connectivity index is 1.52. The monoisotopic (exact) mass is 460 g/mol. The highest BCUT2D eigenvalue weighted by Gasteiger charge is 2.37. The smallest absolute Gasteiger partial charge is 0.287 e. The van der Waals surface area contributed by atoms with Gasteiger partial charge in [-0.15, -0.1) is 11.3 Å². The summed E-state index contributed by atoms with van der Waals surface area (Å²) in [7, 11) is -3.50. The minimum Gasteiger partial charge on any atom is -0.321 e. The number of piperazine rings is 1. The van der Waals surface area contributed by atoms with Gasteiger partial charge < -0.3 is 10.2 Å². The third kappa shape index (κ3) is 4.85. The Kier molecular flexibility index (Phi) is 6.47. The van der Waals surface area contributed by atoms with Crippen LogP contribution in [0, 0.1) is 5.82 Å². The van der Waals surface area contributed by atoms with Crippen LogP contribution < -0.4 is 10.2 Å². The van der Waals surface area contributed by atoms with Crippen LogP contribution in [0.1, 0.15) is 11.6 Å². The zero-order chi connectivity index (χ0) is 21.8. The van der Waals surface area contributed by atoms with Crippen LogP contribution in [0.25, 0.3) is 0 Å². The number of quaternary nitrogens is 1. The predicted molar refractivity (Wildman–Crippen MR) is 118 cm³/mol. The summed E-state index contributed by atoms with van der Waals surface area (Å²) in [4.78, 5) is 14.2. The number of anilines is 1. The van der Waals surface area contributed by atoms with Gasteiger partial charge >= 0.3 is 0 Å². The lowest BCUT2D eigenvalue weighted by atomic mass is 10.0. The van der Waals surface area contributed by atoms with E-state index >= 15 is 0 Å². The molecular weight excluding hydrogens is 437 g/mol. The molecule has 2 heterocycles. The fourth-order valence-electron chi connectivity index (χ4n) is 3.81. The Bertz CT molecular complexity index is 1110. The summed E-state index contributed by atoms with van der Waals surface area (Å²) in [6, 6.07) is 17.9. The second-order valence-corrected chi connectivity index (χ2v) is 10.4. The Morgan fingerprint density at radius 3 is 2.29 bits per heavy atom. The van der Waals surface area contributed by atoms with Gasteiger partial charge in [-0.1, -0.05) is 36.4 Å². The summed E-state index contributed by atoms with van der Waals surface area (Å²) in [6.45, 7) is 1.67. The fourth-order valence-corrected chi connectivity index (χ4v) is 6.39. The fraction of sp³-hybridized carbons (Fsp3) is 0.227. The largest absolute Gasteiger partial charge is 0.321 e. The van der Waals surface area contributed by atoms with Gasteiger partial charge in [-0.05, 0) is 35.7 Å². The van der Waals surface area contributed by atoms with Gasteiger partial charge in [-0.3, -0.25) is 4.79 Å². The molecule has 0 radical (unpaired) electrons. The van der Waals surface area contributed by atoms with Crippen LogP contribution >= 0.6 is 11.3 Å². The first kappa shape index (κ1) is 21.6.